The topological polar surface area (TPSA) is 101 Å². The summed E-state index contributed by atoms with van der Waals surface area (Å²) in [6.45, 7) is 8.05. The molecule has 216 valence electrons. The molecular formula is C33H34N4O5. The lowest BCUT2D eigenvalue weighted by Gasteiger charge is -2.24. The zero-order chi connectivity index (χ0) is 30.0. The summed E-state index contributed by atoms with van der Waals surface area (Å²) >= 11 is 0. The van der Waals surface area contributed by atoms with Crippen LogP contribution in [0.3, 0.4) is 0 Å². The Hall–Kier alpha value is -4.92. The zero-order valence-corrected chi connectivity index (χ0v) is 24.4. The second-order valence-electron chi connectivity index (χ2n) is 11.3. The summed E-state index contributed by atoms with van der Waals surface area (Å²) in [6, 6.07) is 22.5. The van der Waals surface area contributed by atoms with E-state index in [1.54, 1.807) is 43.7 Å². The van der Waals surface area contributed by atoms with Gasteiger partial charge in [0.2, 0.25) is 5.91 Å². The van der Waals surface area contributed by atoms with E-state index in [-0.39, 0.29) is 11.8 Å². The van der Waals surface area contributed by atoms with Gasteiger partial charge in [0.1, 0.15) is 17.2 Å². The number of fused-ring (bicyclic) bond motifs is 2. The summed E-state index contributed by atoms with van der Waals surface area (Å²) in [5.74, 6) is 0.922. The van der Waals surface area contributed by atoms with Gasteiger partial charge in [-0.3, -0.25) is 14.9 Å². The lowest BCUT2D eigenvalue weighted by atomic mass is 10.1. The molecule has 0 fully saturated rings. The molecule has 0 saturated carbocycles. The Balaban J connectivity index is 1.37. The standard InChI is InChI=1S/C33H34N4O5/c1-21(38)37(19-23-9-12-24-13-16-30(34-28(24)17-23)35-32(40)42-33(2,3)4)29-8-6-7-26-27(29)20-36(31(26)39)18-22-10-14-25(41-5)15-11-22/h6-17H,18-20H2,1-5H3,(H,34,35,40). The van der Waals surface area contributed by atoms with Crippen LogP contribution in [0.1, 0.15) is 54.7 Å². The molecule has 0 bridgehead atoms. The van der Waals surface area contributed by atoms with E-state index in [0.717, 1.165) is 27.8 Å². The Bertz CT molecular complexity index is 1660. The van der Waals surface area contributed by atoms with Gasteiger partial charge in [-0.05, 0) is 74.4 Å². The average Bonchev–Trinajstić information content (AvgIpc) is 3.25. The van der Waals surface area contributed by atoms with Crippen LogP contribution in [0.4, 0.5) is 16.3 Å². The lowest BCUT2D eigenvalue weighted by Crippen LogP contribution is -2.29. The van der Waals surface area contributed by atoms with Crippen LogP contribution in [0.25, 0.3) is 10.9 Å². The highest BCUT2D eigenvalue weighted by Crippen LogP contribution is 2.34. The molecule has 2 heterocycles. The van der Waals surface area contributed by atoms with Crippen molar-refractivity contribution in [1.29, 1.82) is 0 Å². The predicted molar refractivity (Wildman–Crippen MR) is 161 cm³/mol. The molecule has 0 unspecified atom stereocenters. The third kappa shape index (κ3) is 6.35. The Morgan fingerprint density at radius 1 is 1.00 bits per heavy atom. The van der Waals surface area contributed by atoms with Gasteiger partial charge in [0.05, 0.1) is 19.2 Å². The Morgan fingerprint density at radius 2 is 1.71 bits per heavy atom. The van der Waals surface area contributed by atoms with Crippen LogP contribution in [0.2, 0.25) is 0 Å². The number of hydrogen-bond acceptors (Lipinski definition) is 6. The highest BCUT2D eigenvalue weighted by atomic mass is 16.6. The summed E-state index contributed by atoms with van der Waals surface area (Å²) in [4.78, 5) is 46.5. The third-order valence-corrected chi connectivity index (χ3v) is 6.95. The molecular weight excluding hydrogens is 532 g/mol. The van der Waals surface area contributed by atoms with Gasteiger partial charge in [0.15, 0.2) is 0 Å². The average molecular weight is 567 g/mol. The molecule has 3 amide bonds. The second-order valence-corrected chi connectivity index (χ2v) is 11.3. The number of amides is 3. The monoisotopic (exact) mass is 566 g/mol. The number of hydrogen-bond donors (Lipinski definition) is 1. The van der Waals surface area contributed by atoms with Gasteiger partial charge < -0.3 is 19.3 Å². The molecule has 3 aromatic carbocycles. The smallest absolute Gasteiger partial charge is 0.413 e. The van der Waals surface area contributed by atoms with Crippen molar-refractivity contribution in [2.24, 2.45) is 0 Å². The molecule has 5 rings (SSSR count). The van der Waals surface area contributed by atoms with Gasteiger partial charge in [-0.15, -0.1) is 0 Å². The molecule has 1 aliphatic heterocycles. The number of ether oxygens (including phenoxy) is 2. The van der Waals surface area contributed by atoms with Crippen LogP contribution in [-0.2, 0) is 29.2 Å². The fourth-order valence-corrected chi connectivity index (χ4v) is 4.99. The van der Waals surface area contributed by atoms with Gasteiger partial charge in [-0.2, -0.15) is 0 Å². The lowest BCUT2D eigenvalue weighted by molar-refractivity contribution is -0.116. The number of nitrogens with zero attached hydrogens (tertiary/aromatic N) is 3. The van der Waals surface area contributed by atoms with E-state index in [4.69, 9.17) is 9.47 Å². The van der Waals surface area contributed by atoms with E-state index < -0.39 is 11.7 Å². The minimum atomic E-state index is -0.626. The van der Waals surface area contributed by atoms with Crippen molar-refractivity contribution in [3.8, 4) is 5.75 Å². The molecule has 0 atom stereocenters. The molecule has 1 aromatic heterocycles. The van der Waals surface area contributed by atoms with Crippen LogP contribution in [-0.4, -0.2) is 40.5 Å². The SMILES string of the molecule is COc1ccc(CN2Cc3c(cccc3N(Cc3ccc4ccc(NC(=O)OC(C)(C)C)nc4c3)C(C)=O)C2=O)cc1. The first-order valence-corrected chi connectivity index (χ1v) is 13.7. The van der Waals surface area contributed by atoms with Crippen molar-refractivity contribution in [3.63, 3.8) is 0 Å². The number of anilines is 2. The predicted octanol–water partition coefficient (Wildman–Crippen LogP) is 6.30. The summed E-state index contributed by atoms with van der Waals surface area (Å²) in [7, 11) is 1.62. The van der Waals surface area contributed by atoms with Crippen LogP contribution in [0, 0.1) is 0 Å². The first kappa shape index (κ1) is 28.6. The van der Waals surface area contributed by atoms with Gasteiger partial charge in [-0.1, -0.05) is 30.3 Å². The van der Waals surface area contributed by atoms with Crippen molar-refractivity contribution in [1.82, 2.24) is 9.88 Å². The van der Waals surface area contributed by atoms with Crippen LogP contribution < -0.4 is 15.0 Å². The van der Waals surface area contributed by atoms with Crippen LogP contribution in [0.15, 0.2) is 72.8 Å². The molecule has 4 aromatic rings. The first-order chi connectivity index (χ1) is 20.0. The second kappa shape index (κ2) is 11.5. The molecule has 9 nitrogen and oxygen atoms in total. The van der Waals surface area contributed by atoms with E-state index in [1.165, 1.54) is 6.92 Å². The molecule has 0 spiro atoms. The Morgan fingerprint density at radius 3 is 2.40 bits per heavy atom. The maximum atomic E-state index is 13.3. The van der Waals surface area contributed by atoms with Crippen molar-refractivity contribution >= 4 is 40.3 Å². The normalized spacial score (nSPS) is 12.7. The van der Waals surface area contributed by atoms with Gasteiger partial charge >= 0.3 is 6.09 Å². The molecule has 9 heteroatoms. The van der Waals surface area contributed by atoms with E-state index in [2.05, 4.69) is 10.3 Å². The molecule has 1 aliphatic rings. The summed E-state index contributed by atoms with van der Waals surface area (Å²) in [5.41, 5.74) is 4.03. The van der Waals surface area contributed by atoms with E-state index in [1.807, 2.05) is 66.7 Å². The molecule has 42 heavy (non-hydrogen) atoms. The van der Waals surface area contributed by atoms with Crippen LogP contribution in [0.5, 0.6) is 5.75 Å². The highest BCUT2D eigenvalue weighted by molar-refractivity contribution is 6.02. The van der Waals surface area contributed by atoms with E-state index in [9.17, 15) is 14.4 Å². The minimum absolute atomic E-state index is 0.0638. The summed E-state index contributed by atoms with van der Waals surface area (Å²) in [6.07, 6.45) is -0.582. The van der Waals surface area contributed by atoms with Gasteiger partial charge in [-0.25, -0.2) is 9.78 Å². The van der Waals surface area contributed by atoms with E-state index in [0.29, 0.717) is 42.2 Å². The van der Waals surface area contributed by atoms with Gasteiger partial charge in [0.25, 0.3) is 5.91 Å². The first-order valence-electron chi connectivity index (χ1n) is 13.7. The molecule has 0 aliphatic carbocycles. The molecule has 1 N–H and O–H groups in total. The zero-order valence-electron chi connectivity index (χ0n) is 24.4. The maximum absolute atomic E-state index is 13.3. The molecule has 0 saturated heterocycles. The third-order valence-electron chi connectivity index (χ3n) is 6.95. The number of aromatic nitrogens is 1. The Kier molecular flexibility index (Phi) is 7.85. The number of carbonyl (C=O) groups excluding carboxylic acids is 3. The highest BCUT2D eigenvalue weighted by Gasteiger charge is 2.31. The maximum Gasteiger partial charge on any atom is 0.413 e. The Labute approximate surface area is 245 Å². The summed E-state index contributed by atoms with van der Waals surface area (Å²) in [5, 5.41) is 3.57. The number of pyridine rings is 1. The van der Waals surface area contributed by atoms with Gasteiger partial charge in [0, 0.05) is 42.2 Å². The van der Waals surface area contributed by atoms with E-state index >= 15 is 0 Å². The van der Waals surface area contributed by atoms with Crippen molar-refractivity contribution in [2.45, 2.75) is 52.9 Å². The van der Waals surface area contributed by atoms with Crippen molar-refractivity contribution in [3.05, 3.63) is 95.1 Å². The number of nitrogens with one attached hydrogen (secondary N) is 1. The van der Waals surface area contributed by atoms with Crippen molar-refractivity contribution in [2.75, 3.05) is 17.3 Å². The minimum Gasteiger partial charge on any atom is -0.497 e. The van der Waals surface area contributed by atoms with Crippen LogP contribution >= 0.6 is 0 Å². The fourth-order valence-electron chi connectivity index (χ4n) is 4.99. The number of rotatable bonds is 7. The largest absolute Gasteiger partial charge is 0.497 e. The summed E-state index contributed by atoms with van der Waals surface area (Å²) < 4.78 is 10.6. The molecule has 0 radical (unpaired) electrons. The fraction of sp³-hybridized carbons (Fsp3) is 0.273. The van der Waals surface area contributed by atoms with Crippen molar-refractivity contribution < 1.29 is 23.9 Å². The quantitative estimate of drug-likeness (QED) is 0.282. The number of methoxy groups -OCH3 is 1. The number of carbonyl (C=O) groups is 3. The number of benzene rings is 3.